The van der Waals surface area contributed by atoms with Crippen molar-refractivity contribution in [3.8, 4) is 5.75 Å². The number of carbonyl (C=O) groups excluding carboxylic acids is 1. The van der Waals surface area contributed by atoms with Crippen LogP contribution in [0.4, 0.5) is 0 Å². The highest BCUT2D eigenvalue weighted by Crippen LogP contribution is 2.44. The molecule has 4 rings (SSSR count). The van der Waals surface area contributed by atoms with E-state index in [4.69, 9.17) is 4.74 Å². The third-order valence-electron chi connectivity index (χ3n) is 5.20. The van der Waals surface area contributed by atoms with Gasteiger partial charge in [0.25, 0.3) is 0 Å². The fourth-order valence-electron chi connectivity index (χ4n) is 3.99. The van der Waals surface area contributed by atoms with Gasteiger partial charge in [-0.3, -0.25) is 4.79 Å². The lowest BCUT2D eigenvalue weighted by Gasteiger charge is -2.31. The highest BCUT2D eigenvalue weighted by molar-refractivity contribution is 5.80. The second-order valence-corrected chi connectivity index (χ2v) is 6.62. The van der Waals surface area contributed by atoms with Crippen LogP contribution in [0, 0.1) is 17.8 Å². The molecule has 3 heteroatoms. The smallest absolute Gasteiger partial charge is 0.226 e. The molecule has 1 saturated carbocycles. The van der Waals surface area contributed by atoms with Gasteiger partial charge >= 0.3 is 0 Å². The number of para-hydroxylation sites is 1. The summed E-state index contributed by atoms with van der Waals surface area (Å²) < 4.78 is 5.86. The van der Waals surface area contributed by atoms with Crippen LogP contribution in [0.25, 0.3) is 0 Å². The third-order valence-corrected chi connectivity index (χ3v) is 5.20. The molecule has 0 N–H and O–H groups in total. The van der Waals surface area contributed by atoms with Crippen LogP contribution in [0.2, 0.25) is 0 Å². The molecule has 4 atom stereocenters. The topological polar surface area (TPSA) is 29.5 Å². The van der Waals surface area contributed by atoms with E-state index in [9.17, 15) is 4.79 Å². The number of hydrogen-bond acceptors (Lipinski definition) is 2. The number of fused-ring (bicyclic) bond motifs is 3. The molecule has 1 aromatic carbocycles. The molecule has 0 radical (unpaired) electrons. The van der Waals surface area contributed by atoms with Crippen molar-refractivity contribution in [2.24, 2.45) is 17.8 Å². The molecule has 21 heavy (non-hydrogen) atoms. The maximum absolute atomic E-state index is 13.0. The van der Waals surface area contributed by atoms with Crippen molar-refractivity contribution in [2.45, 2.75) is 32.4 Å². The van der Waals surface area contributed by atoms with Crippen LogP contribution in [-0.4, -0.2) is 23.5 Å². The maximum atomic E-state index is 13.0. The van der Waals surface area contributed by atoms with Gasteiger partial charge < -0.3 is 9.64 Å². The van der Waals surface area contributed by atoms with Gasteiger partial charge in [-0.15, -0.1) is 0 Å². The average molecular weight is 283 g/mol. The number of hydrogen-bond donors (Lipinski definition) is 0. The highest BCUT2D eigenvalue weighted by Gasteiger charge is 2.42. The molecule has 3 aliphatic rings. The standard InChI is InChI=1S/C18H21NO2/c1-12-11-21-17-5-3-2-4-15(17)10-19(12)18(20)16-9-13-6-7-14(16)8-13/h2-7,12-14,16H,8-11H2,1H3/t12-,13-,14-,16+/m0/s1. The zero-order chi connectivity index (χ0) is 14.4. The predicted molar refractivity (Wildman–Crippen MR) is 80.8 cm³/mol. The van der Waals surface area contributed by atoms with Gasteiger partial charge in [0.15, 0.2) is 0 Å². The Balaban J connectivity index is 1.59. The van der Waals surface area contributed by atoms with Crippen LogP contribution in [0.1, 0.15) is 25.3 Å². The molecule has 1 amide bonds. The summed E-state index contributed by atoms with van der Waals surface area (Å²) in [7, 11) is 0. The summed E-state index contributed by atoms with van der Waals surface area (Å²) in [6.45, 7) is 3.35. The van der Waals surface area contributed by atoms with E-state index in [2.05, 4.69) is 25.1 Å². The predicted octanol–water partition coefficient (Wildman–Crippen LogP) is 3.01. The number of nitrogens with zero attached hydrogens (tertiary/aromatic N) is 1. The number of carbonyl (C=O) groups is 1. The Morgan fingerprint density at radius 1 is 1.24 bits per heavy atom. The fourth-order valence-corrected chi connectivity index (χ4v) is 3.99. The van der Waals surface area contributed by atoms with Crippen molar-refractivity contribution in [1.29, 1.82) is 0 Å². The number of benzene rings is 1. The van der Waals surface area contributed by atoms with E-state index in [0.717, 1.165) is 17.7 Å². The number of rotatable bonds is 1. The molecule has 110 valence electrons. The van der Waals surface area contributed by atoms with E-state index in [1.165, 1.54) is 6.42 Å². The molecule has 1 aromatic rings. The largest absolute Gasteiger partial charge is 0.491 e. The van der Waals surface area contributed by atoms with Gasteiger partial charge in [0.05, 0.1) is 6.04 Å². The van der Waals surface area contributed by atoms with Gasteiger partial charge in [0.2, 0.25) is 5.91 Å². The van der Waals surface area contributed by atoms with E-state index in [1.54, 1.807) is 0 Å². The Labute approximate surface area is 125 Å². The first-order chi connectivity index (χ1) is 10.2. The van der Waals surface area contributed by atoms with Gasteiger partial charge in [-0.05, 0) is 37.7 Å². The van der Waals surface area contributed by atoms with Crippen molar-refractivity contribution in [3.05, 3.63) is 42.0 Å². The van der Waals surface area contributed by atoms with E-state index in [-0.39, 0.29) is 12.0 Å². The van der Waals surface area contributed by atoms with Gasteiger partial charge in [0.1, 0.15) is 12.4 Å². The van der Waals surface area contributed by atoms with Crippen LogP contribution < -0.4 is 4.74 Å². The van der Waals surface area contributed by atoms with E-state index >= 15 is 0 Å². The van der Waals surface area contributed by atoms with Crippen molar-refractivity contribution >= 4 is 5.91 Å². The lowest BCUT2D eigenvalue weighted by Crippen LogP contribution is -2.44. The molecule has 0 saturated heterocycles. The zero-order valence-corrected chi connectivity index (χ0v) is 12.4. The minimum atomic E-state index is 0.132. The molecule has 3 nitrogen and oxygen atoms in total. The average Bonchev–Trinajstić information content (AvgIpc) is 3.09. The summed E-state index contributed by atoms with van der Waals surface area (Å²) in [5, 5.41) is 0. The minimum absolute atomic E-state index is 0.132. The molecule has 2 bridgehead atoms. The Kier molecular flexibility index (Phi) is 3.02. The second kappa shape index (κ2) is 4.90. The molecule has 1 aliphatic heterocycles. The summed E-state index contributed by atoms with van der Waals surface area (Å²) >= 11 is 0. The molecule has 0 spiro atoms. The summed E-state index contributed by atoms with van der Waals surface area (Å²) in [6, 6.07) is 8.20. The Morgan fingerprint density at radius 2 is 2.10 bits per heavy atom. The van der Waals surface area contributed by atoms with Crippen LogP contribution in [0.15, 0.2) is 36.4 Å². The third kappa shape index (κ3) is 2.15. The number of allylic oxidation sites excluding steroid dienone is 2. The number of amides is 1. The van der Waals surface area contributed by atoms with Crippen LogP contribution in [0.3, 0.4) is 0 Å². The Morgan fingerprint density at radius 3 is 2.86 bits per heavy atom. The van der Waals surface area contributed by atoms with E-state index in [1.807, 2.05) is 23.1 Å². The molecular weight excluding hydrogens is 262 g/mol. The monoisotopic (exact) mass is 283 g/mol. The van der Waals surface area contributed by atoms with Gasteiger partial charge in [-0.2, -0.15) is 0 Å². The lowest BCUT2D eigenvalue weighted by atomic mass is 9.91. The lowest BCUT2D eigenvalue weighted by molar-refractivity contribution is -0.139. The quantitative estimate of drug-likeness (QED) is 0.742. The zero-order valence-electron chi connectivity index (χ0n) is 12.4. The van der Waals surface area contributed by atoms with E-state index < -0.39 is 0 Å². The van der Waals surface area contributed by atoms with Crippen LogP contribution in [0.5, 0.6) is 5.75 Å². The molecule has 0 unspecified atom stereocenters. The summed E-state index contributed by atoms with van der Waals surface area (Å²) in [4.78, 5) is 15.0. The van der Waals surface area contributed by atoms with Crippen LogP contribution >= 0.6 is 0 Å². The Hall–Kier alpha value is -1.77. The summed E-state index contributed by atoms with van der Waals surface area (Å²) in [5.74, 6) is 2.53. The molecule has 0 aromatic heterocycles. The SMILES string of the molecule is C[C@H]1COc2ccccc2CN1C(=O)[C@@H]1C[C@H]2C=C[C@H]1C2. The van der Waals surface area contributed by atoms with Gasteiger partial charge in [0, 0.05) is 18.0 Å². The Bertz CT molecular complexity index is 595. The van der Waals surface area contributed by atoms with E-state index in [0.29, 0.717) is 30.9 Å². The van der Waals surface area contributed by atoms with Crippen molar-refractivity contribution < 1.29 is 9.53 Å². The molecular formula is C18H21NO2. The molecule has 1 fully saturated rings. The normalized spacial score (nSPS) is 33.5. The van der Waals surface area contributed by atoms with Crippen molar-refractivity contribution in [1.82, 2.24) is 4.90 Å². The summed E-state index contributed by atoms with van der Waals surface area (Å²) in [5.41, 5.74) is 1.12. The maximum Gasteiger partial charge on any atom is 0.226 e. The highest BCUT2D eigenvalue weighted by atomic mass is 16.5. The van der Waals surface area contributed by atoms with Gasteiger partial charge in [-0.25, -0.2) is 0 Å². The minimum Gasteiger partial charge on any atom is -0.491 e. The van der Waals surface area contributed by atoms with Gasteiger partial charge in [-0.1, -0.05) is 30.4 Å². The van der Waals surface area contributed by atoms with Crippen molar-refractivity contribution in [3.63, 3.8) is 0 Å². The van der Waals surface area contributed by atoms with Crippen molar-refractivity contribution in [2.75, 3.05) is 6.61 Å². The fraction of sp³-hybridized carbons (Fsp3) is 0.500. The molecule has 2 aliphatic carbocycles. The first-order valence-electron chi connectivity index (χ1n) is 7.92. The molecule has 1 heterocycles. The number of ether oxygens (including phenoxy) is 1. The first-order valence-corrected chi connectivity index (χ1v) is 7.92. The summed E-state index contributed by atoms with van der Waals surface area (Å²) in [6.07, 6.45) is 6.75. The van der Waals surface area contributed by atoms with Crippen LogP contribution in [-0.2, 0) is 11.3 Å². The second-order valence-electron chi connectivity index (χ2n) is 6.62. The first kappa shape index (κ1) is 12.9.